The lowest BCUT2D eigenvalue weighted by atomic mass is 10.0. The highest BCUT2D eigenvalue weighted by molar-refractivity contribution is 5.58. The first-order valence-corrected chi connectivity index (χ1v) is 10.2. The normalized spacial score (nSPS) is 15.2. The molecule has 3 heterocycles. The second-order valence-corrected chi connectivity index (χ2v) is 7.43. The minimum atomic E-state index is 0.576. The number of methoxy groups -OCH3 is 1. The third kappa shape index (κ3) is 3.50. The van der Waals surface area contributed by atoms with Crippen LogP contribution in [0.4, 0.5) is 5.82 Å². The van der Waals surface area contributed by atoms with E-state index in [0.29, 0.717) is 13.2 Å². The van der Waals surface area contributed by atoms with E-state index < -0.39 is 0 Å². The molecule has 150 valence electrons. The van der Waals surface area contributed by atoms with Gasteiger partial charge in [0.25, 0.3) is 0 Å². The molecule has 6 nitrogen and oxygen atoms in total. The van der Waals surface area contributed by atoms with E-state index in [-0.39, 0.29) is 0 Å². The molecule has 0 aliphatic carbocycles. The first-order chi connectivity index (χ1) is 14.3. The molecule has 29 heavy (non-hydrogen) atoms. The van der Waals surface area contributed by atoms with Gasteiger partial charge in [0, 0.05) is 24.6 Å². The van der Waals surface area contributed by atoms with Crippen LogP contribution in [0.2, 0.25) is 0 Å². The highest BCUT2D eigenvalue weighted by atomic mass is 16.6. The Balaban J connectivity index is 1.55. The van der Waals surface area contributed by atoms with Crippen molar-refractivity contribution in [2.75, 3.05) is 32.2 Å². The molecule has 0 radical (unpaired) electrons. The molecule has 0 saturated heterocycles. The summed E-state index contributed by atoms with van der Waals surface area (Å²) in [5, 5.41) is 8.63. The van der Waals surface area contributed by atoms with Crippen molar-refractivity contribution in [2.45, 2.75) is 25.7 Å². The number of hydrogen-bond donors (Lipinski definition) is 1. The van der Waals surface area contributed by atoms with Crippen LogP contribution in [-0.4, -0.2) is 36.6 Å². The zero-order valence-electron chi connectivity index (χ0n) is 16.6. The Morgan fingerprint density at radius 1 is 1.07 bits per heavy atom. The number of aromatic nitrogens is 2. The number of fused-ring (bicyclic) bond motifs is 2. The lowest BCUT2D eigenvalue weighted by Crippen LogP contribution is -2.15. The Hall–Kier alpha value is -3.15. The first-order valence-electron chi connectivity index (χ1n) is 10.2. The third-order valence-corrected chi connectivity index (χ3v) is 5.49. The molecule has 5 rings (SSSR count). The van der Waals surface area contributed by atoms with E-state index in [0.717, 1.165) is 66.7 Å². The Bertz CT molecular complexity index is 1030. The van der Waals surface area contributed by atoms with Crippen molar-refractivity contribution in [1.82, 2.24) is 9.78 Å². The van der Waals surface area contributed by atoms with E-state index in [4.69, 9.17) is 19.3 Å². The molecule has 0 amide bonds. The average Bonchev–Trinajstić information content (AvgIpc) is 2.94. The van der Waals surface area contributed by atoms with Crippen LogP contribution < -0.4 is 19.5 Å². The number of nitrogens with zero attached hydrogens (tertiary/aromatic N) is 2. The molecule has 0 unspecified atom stereocenters. The fourth-order valence-electron chi connectivity index (χ4n) is 4.04. The van der Waals surface area contributed by atoms with Gasteiger partial charge in [-0.3, -0.25) is 0 Å². The molecular weight excluding hydrogens is 366 g/mol. The van der Waals surface area contributed by atoms with Crippen LogP contribution in [0.5, 0.6) is 17.2 Å². The second-order valence-electron chi connectivity index (χ2n) is 7.43. The molecule has 1 aromatic heterocycles. The smallest absolute Gasteiger partial charge is 0.163 e. The molecule has 6 heteroatoms. The zero-order chi connectivity index (χ0) is 19.6. The van der Waals surface area contributed by atoms with Crippen LogP contribution in [0, 0.1) is 0 Å². The Kier molecular flexibility index (Phi) is 4.76. The van der Waals surface area contributed by atoms with Gasteiger partial charge >= 0.3 is 0 Å². The molecule has 2 aromatic carbocycles. The number of benzene rings is 2. The summed E-state index contributed by atoms with van der Waals surface area (Å²) in [6.07, 6.45) is 4.14. The van der Waals surface area contributed by atoms with Gasteiger partial charge in [0.15, 0.2) is 11.5 Å². The van der Waals surface area contributed by atoms with Crippen molar-refractivity contribution < 1.29 is 14.2 Å². The topological polar surface area (TPSA) is 57.5 Å². The summed E-state index contributed by atoms with van der Waals surface area (Å²) in [6, 6.07) is 14.2. The minimum absolute atomic E-state index is 0.576. The zero-order valence-corrected chi connectivity index (χ0v) is 16.6. The predicted octanol–water partition coefficient (Wildman–Crippen LogP) is 3.99. The number of ether oxygens (including phenoxy) is 3. The number of hydrogen-bond acceptors (Lipinski definition) is 5. The SMILES string of the molecule is COc1cccc(Cc2nn(-c3ccc4c(c3)OCCO4)c3c2CCCCN3)c1. The molecule has 0 fully saturated rings. The van der Waals surface area contributed by atoms with E-state index in [1.54, 1.807) is 7.11 Å². The summed E-state index contributed by atoms with van der Waals surface area (Å²) in [5.74, 6) is 3.54. The summed E-state index contributed by atoms with van der Waals surface area (Å²) >= 11 is 0. The van der Waals surface area contributed by atoms with Gasteiger partial charge < -0.3 is 19.5 Å². The highest BCUT2D eigenvalue weighted by Gasteiger charge is 2.22. The summed E-state index contributed by atoms with van der Waals surface area (Å²) in [5.41, 5.74) is 4.60. The van der Waals surface area contributed by atoms with Gasteiger partial charge in [0.05, 0.1) is 18.5 Å². The summed E-state index contributed by atoms with van der Waals surface area (Å²) in [4.78, 5) is 0. The summed E-state index contributed by atoms with van der Waals surface area (Å²) in [7, 11) is 1.70. The van der Waals surface area contributed by atoms with E-state index in [1.165, 1.54) is 11.1 Å². The van der Waals surface area contributed by atoms with Gasteiger partial charge in [-0.2, -0.15) is 5.10 Å². The number of rotatable bonds is 4. The number of anilines is 1. The molecule has 3 aromatic rings. The lowest BCUT2D eigenvalue weighted by Gasteiger charge is -2.19. The number of nitrogens with one attached hydrogen (secondary N) is 1. The van der Waals surface area contributed by atoms with Crippen LogP contribution in [0.3, 0.4) is 0 Å². The maximum absolute atomic E-state index is 5.78. The molecule has 1 N–H and O–H groups in total. The molecule has 0 atom stereocenters. The van der Waals surface area contributed by atoms with Crippen molar-refractivity contribution >= 4 is 5.82 Å². The largest absolute Gasteiger partial charge is 0.497 e. The predicted molar refractivity (Wildman–Crippen MR) is 112 cm³/mol. The Morgan fingerprint density at radius 3 is 2.86 bits per heavy atom. The summed E-state index contributed by atoms with van der Waals surface area (Å²) in [6.45, 7) is 2.13. The third-order valence-electron chi connectivity index (χ3n) is 5.49. The van der Waals surface area contributed by atoms with Crippen molar-refractivity contribution in [2.24, 2.45) is 0 Å². The maximum atomic E-state index is 5.78. The highest BCUT2D eigenvalue weighted by Crippen LogP contribution is 2.35. The van der Waals surface area contributed by atoms with Crippen molar-refractivity contribution in [3.8, 4) is 22.9 Å². The second kappa shape index (κ2) is 7.70. The quantitative estimate of drug-likeness (QED) is 0.729. The molecular formula is C23H25N3O3. The average molecular weight is 391 g/mol. The standard InChI is InChI=1S/C23H25N3O3/c1-27-18-6-4-5-16(13-18)14-20-19-7-2-3-10-24-23(19)26(25-20)17-8-9-21-22(15-17)29-12-11-28-21/h4-6,8-9,13,15,24H,2-3,7,10-12,14H2,1H3. The van der Waals surface area contributed by atoms with Crippen molar-refractivity contribution in [3.63, 3.8) is 0 Å². The van der Waals surface area contributed by atoms with Crippen LogP contribution in [0.1, 0.15) is 29.7 Å². The Labute approximate surface area is 170 Å². The molecule has 2 aliphatic heterocycles. The fourth-order valence-corrected chi connectivity index (χ4v) is 4.04. The Morgan fingerprint density at radius 2 is 1.97 bits per heavy atom. The van der Waals surface area contributed by atoms with E-state index in [9.17, 15) is 0 Å². The van der Waals surface area contributed by atoms with Gasteiger partial charge in [-0.1, -0.05) is 12.1 Å². The van der Waals surface area contributed by atoms with Crippen LogP contribution in [-0.2, 0) is 12.8 Å². The van der Waals surface area contributed by atoms with Gasteiger partial charge in [-0.15, -0.1) is 0 Å². The maximum Gasteiger partial charge on any atom is 0.163 e. The van der Waals surface area contributed by atoms with E-state index in [2.05, 4.69) is 17.4 Å². The lowest BCUT2D eigenvalue weighted by molar-refractivity contribution is 0.171. The van der Waals surface area contributed by atoms with Crippen molar-refractivity contribution in [3.05, 3.63) is 59.3 Å². The van der Waals surface area contributed by atoms with Gasteiger partial charge in [0.2, 0.25) is 0 Å². The van der Waals surface area contributed by atoms with Crippen LogP contribution in [0.25, 0.3) is 5.69 Å². The summed E-state index contributed by atoms with van der Waals surface area (Å²) < 4.78 is 18.9. The molecule has 0 bridgehead atoms. The minimum Gasteiger partial charge on any atom is -0.497 e. The molecule has 2 aliphatic rings. The van der Waals surface area contributed by atoms with Gasteiger partial charge in [-0.25, -0.2) is 4.68 Å². The van der Waals surface area contributed by atoms with Gasteiger partial charge in [0.1, 0.15) is 24.8 Å². The van der Waals surface area contributed by atoms with E-state index >= 15 is 0 Å². The van der Waals surface area contributed by atoms with E-state index in [1.807, 2.05) is 35.0 Å². The van der Waals surface area contributed by atoms with Crippen LogP contribution in [0.15, 0.2) is 42.5 Å². The van der Waals surface area contributed by atoms with Crippen molar-refractivity contribution in [1.29, 1.82) is 0 Å². The monoisotopic (exact) mass is 391 g/mol. The molecule has 0 spiro atoms. The fraction of sp³-hybridized carbons (Fsp3) is 0.348. The van der Waals surface area contributed by atoms with Gasteiger partial charge in [-0.05, 0) is 49.1 Å². The van der Waals surface area contributed by atoms with Crippen LogP contribution >= 0.6 is 0 Å². The molecule has 0 saturated carbocycles. The first kappa shape index (κ1) is 17.9.